The first-order valence-electron chi connectivity index (χ1n) is 6.83. The van der Waals surface area contributed by atoms with Gasteiger partial charge in [0.25, 0.3) is 0 Å². The summed E-state index contributed by atoms with van der Waals surface area (Å²) in [5, 5.41) is 11.1. The van der Waals surface area contributed by atoms with Crippen molar-refractivity contribution in [3.05, 3.63) is 11.1 Å². The molecule has 1 fully saturated rings. The van der Waals surface area contributed by atoms with E-state index in [0.29, 0.717) is 18.8 Å². The molecule has 3 atom stereocenters. The first kappa shape index (κ1) is 15.2. The van der Waals surface area contributed by atoms with Gasteiger partial charge in [0, 0.05) is 0 Å². The quantitative estimate of drug-likeness (QED) is 0.622. The highest BCUT2D eigenvalue weighted by Crippen LogP contribution is 2.44. The van der Waals surface area contributed by atoms with Gasteiger partial charge >= 0.3 is 5.97 Å². The van der Waals surface area contributed by atoms with Crippen molar-refractivity contribution in [3.63, 3.8) is 0 Å². The standard InChI is InChI=1S/C15H26O3/c1-6-12(14(16)18-5)15(17)9-11(4)7-8-13(15)10(2)3/h11-12,17H,6-9H2,1-5H3. The Balaban J connectivity index is 3.17. The highest BCUT2D eigenvalue weighted by molar-refractivity contribution is 5.74. The van der Waals surface area contributed by atoms with Gasteiger partial charge in [-0.05, 0) is 51.0 Å². The van der Waals surface area contributed by atoms with Crippen molar-refractivity contribution in [1.82, 2.24) is 0 Å². The van der Waals surface area contributed by atoms with E-state index in [2.05, 4.69) is 6.92 Å². The highest BCUT2D eigenvalue weighted by atomic mass is 16.5. The van der Waals surface area contributed by atoms with Crippen LogP contribution >= 0.6 is 0 Å². The molecule has 3 nitrogen and oxygen atoms in total. The summed E-state index contributed by atoms with van der Waals surface area (Å²) in [6.45, 7) is 8.10. The van der Waals surface area contributed by atoms with Crippen LogP contribution in [-0.4, -0.2) is 23.8 Å². The third-order valence-corrected chi connectivity index (χ3v) is 4.14. The van der Waals surface area contributed by atoms with Crippen LogP contribution in [0.1, 0.15) is 53.4 Å². The molecular weight excluding hydrogens is 228 g/mol. The number of rotatable bonds is 3. The maximum atomic E-state index is 11.9. The Kier molecular flexibility index (Phi) is 4.97. The van der Waals surface area contributed by atoms with E-state index in [1.54, 1.807) is 0 Å². The van der Waals surface area contributed by atoms with Gasteiger partial charge in [-0.2, -0.15) is 0 Å². The van der Waals surface area contributed by atoms with Gasteiger partial charge in [-0.25, -0.2) is 0 Å². The van der Waals surface area contributed by atoms with E-state index < -0.39 is 11.5 Å². The Labute approximate surface area is 110 Å². The van der Waals surface area contributed by atoms with Gasteiger partial charge in [0.1, 0.15) is 0 Å². The molecule has 3 unspecified atom stereocenters. The van der Waals surface area contributed by atoms with E-state index in [1.165, 1.54) is 7.11 Å². The Morgan fingerprint density at radius 1 is 1.56 bits per heavy atom. The van der Waals surface area contributed by atoms with Crippen LogP contribution in [0.15, 0.2) is 11.1 Å². The summed E-state index contributed by atoms with van der Waals surface area (Å²) in [5.41, 5.74) is 1.16. The first-order chi connectivity index (χ1) is 8.36. The van der Waals surface area contributed by atoms with E-state index in [9.17, 15) is 9.90 Å². The zero-order valence-electron chi connectivity index (χ0n) is 12.2. The van der Waals surface area contributed by atoms with Crippen molar-refractivity contribution in [3.8, 4) is 0 Å². The predicted octanol–water partition coefficient (Wildman–Crippen LogP) is 3.07. The lowest BCUT2D eigenvalue weighted by atomic mass is 9.67. The predicted molar refractivity (Wildman–Crippen MR) is 72.1 cm³/mol. The molecule has 1 saturated carbocycles. The average molecular weight is 254 g/mol. The normalized spacial score (nSPS) is 29.9. The molecule has 0 spiro atoms. The molecule has 104 valence electrons. The van der Waals surface area contributed by atoms with Crippen molar-refractivity contribution >= 4 is 5.97 Å². The number of hydrogen-bond acceptors (Lipinski definition) is 3. The molecule has 1 N–H and O–H groups in total. The average Bonchev–Trinajstić information content (AvgIpc) is 2.28. The lowest BCUT2D eigenvalue weighted by Crippen LogP contribution is -2.48. The van der Waals surface area contributed by atoms with Crippen molar-refractivity contribution < 1.29 is 14.6 Å². The Morgan fingerprint density at radius 3 is 2.61 bits per heavy atom. The number of allylic oxidation sites excluding steroid dienone is 1. The number of ether oxygens (including phenoxy) is 1. The molecule has 0 aromatic heterocycles. The van der Waals surface area contributed by atoms with Crippen molar-refractivity contribution in [1.29, 1.82) is 0 Å². The van der Waals surface area contributed by atoms with E-state index >= 15 is 0 Å². The van der Waals surface area contributed by atoms with Gasteiger partial charge in [0.15, 0.2) is 0 Å². The van der Waals surface area contributed by atoms with E-state index in [1.807, 2.05) is 20.8 Å². The summed E-state index contributed by atoms with van der Waals surface area (Å²) in [5.74, 6) is -0.306. The third kappa shape index (κ3) is 2.77. The number of aliphatic hydroxyl groups is 1. The molecule has 0 heterocycles. The summed E-state index contributed by atoms with van der Waals surface area (Å²) < 4.78 is 4.86. The molecule has 0 amide bonds. The van der Waals surface area contributed by atoms with Crippen LogP contribution in [0.4, 0.5) is 0 Å². The molecule has 0 bridgehead atoms. The smallest absolute Gasteiger partial charge is 0.311 e. The second-order valence-electron chi connectivity index (χ2n) is 5.73. The summed E-state index contributed by atoms with van der Waals surface area (Å²) in [6.07, 6.45) is 3.22. The number of carbonyl (C=O) groups is 1. The molecule has 18 heavy (non-hydrogen) atoms. The maximum Gasteiger partial charge on any atom is 0.311 e. The molecule has 1 aliphatic carbocycles. The van der Waals surface area contributed by atoms with Crippen LogP contribution in [-0.2, 0) is 9.53 Å². The second-order valence-corrected chi connectivity index (χ2v) is 5.73. The number of carbonyl (C=O) groups excluding carboxylic acids is 1. The molecule has 1 aliphatic rings. The minimum Gasteiger partial charge on any atom is -0.469 e. The molecule has 0 aromatic carbocycles. The van der Waals surface area contributed by atoms with Crippen molar-refractivity contribution in [2.24, 2.45) is 11.8 Å². The van der Waals surface area contributed by atoms with Crippen LogP contribution in [0.5, 0.6) is 0 Å². The fourth-order valence-electron chi connectivity index (χ4n) is 3.24. The third-order valence-electron chi connectivity index (χ3n) is 4.14. The number of hydrogen-bond donors (Lipinski definition) is 1. The Hall–Kier alpha value is -0.830. The zero-order chi connectivity index (χ0) is 13.9. The summed E-state index contributed by atoms with van der Waals surface area (Å²) >= 11 is 0. The molecule has 0 radical (unpaired) electrons. The number of esters is 1. The van der Waals surface area contributed by atoms with Crippen molar-refractivity contribution in [2.75, 3.05) is 7.11 Å². The van der Waals surface area contributed by atoms with Gasteiger partial charge < -0.3 is 9.84 Å². The zero-order valence-corrected chi connectivity index (χ0v) is 12.2. The fraction of sp³-hybridized carbons (Fsp3) is 0.800. The summed E-state index contributed by atoms with van der Waals surface area (Å²) in [7, 11) is 1.39. The van der Waals surface area contributed by atoms with Gasteiger partial charge in [-0.3, -0.25) is 4.79 Å². The van der Waals surface area contributed by atoms with Gasteiger partial charge in [0.05, 0.1) is 18.6 Å². The first-order valence-corrected chi connectivity index (χ1v) is 6.83. The molecule has 3 heteroatoms. The number of methoxy groups -OCH3 is 1. The van der Waals surface area contributed by atoms with Gasteiger partial charge in [-0.15, -0.1) is 0 Å². The van der Waals surface area contributed by atoms with Gasteiger partial charge in [-0.1, -0.05) is 19.4 Å². The SMILES string of the molecule is CCC(C(=O)OC)C1(O)CC(C)CCC1=C(C)C. The molecule has 1 rings (SSSR count). The summed E-state index contributed by atoms with van der Waals surface area (Å²) in [4.78, 5) is 11.9. The van der Waals surface area contributed by atoms with Crippen molar-refractivity contribution in [2.45, 2.75) is 59.0 Å². The van der Waals surface area contributed by atoms with E-state index in [0.717, 1.165) is 24.0 Å². The topological polar surface area (TPSA) is 46.5 Å². The minimum absolute atomic E-state index is 0.298. The summed E-state index contributed by atoms with van der Waals surface area (Å²) in [6, 6.07) is 0. The maximum absolute atomic E-state index is 11.9. The highest BCUT2D eigenvalue weighted by Gasteiger charge is 2.47. The van der Waals surface area contributed by atoms with E-state index in [4.69, 9.17) is 4.74 Å². The molecule has 0 aliphatic heterocycles. The van der Waals surface area contributed by atoms with Gasteiger partial charge in [0.2, 0.25) is 0 Å². The van der Waals surface area contributed by atoms with Crippen LogP contribution in [0, 0.1) is 11.8 Å². The van der Waals surface area contributed by atoms with Crippen LogP contribution in [0.2, 0.25) is 0 Å². The monoisotopic (exact) mass is 254 g/mol. The van der Waals surface area contributed by atoms with Crippen LogP contribution in [0.25, 0.3) is 0 Å². The fourth-order valence-corrected chi connectivity index (χ4v) is 3.24. The second kappa shape index (κ2) is 5.87. The van der Waals surface area contributed by atoms with Crippen LogP contribution < -0.4 is 0 Å². The lowest BCUT2D eigenvalue weighted by Gasteiger charge is -2.43. The van der Waals surface area contributed by atoms with Crippen LogP contribution in [0.3, 0.4) is 0 Å². The molecule has 0 aromatic rings. The molecule has 0 saturated heterocycles. The Morgan fingerprint density at radius 2 is 2.17 bits per heavy atom. The largest absolute Gasteiger partial charge is 0.469 e. The minimum atomic E-state index is -1.02. The lowest BCUT2D eigenvalue weighted by molar-refractivity contribution is -0.155. The molecular formula is C15H26O3. The van der Waals surface area contributed by atoms with E-state index in [-0.39, 0.29) is 5.97 Å². The Bertz CT molecular complexity index is 342.